The third-order valence-corrected chi connectivity index (χ3v) is 12.3. The second kappa shape index (κ2) is 8.06. The van der Waals surface area contributed by atoms with Crippen molar-refractivity contribution in [3.63, 3.8) is 0 Å². The summed E-state index contributed by atoms with van der Waals surface area (Å²) in [5.74, 6) is 2.06. The van der Waals surface area contributed by atoms with E-state index in [2.05, 4.69) is 18.7 Å². The van der Waals surface area contributed by atoms with Gasteiger partial charge >= 0.3 is 0 Å². The fourth-order valence-corrected chi connectivity index (χ4v) is 10.3. The van der Waals surface area contributed by atoms with Crippen LogP contribution >= 0.6 is 0 Å². The van der Waals surface area contributed by atoms with E-state index in [1.54, 1.807) is 12.5 Å². The molecule has 35 heavy (non-hydrogen) atoms. The van der Waals surface area contributed by atoms with Gasteiger partial charge in [-0.15, -0.1) is 0 Å². The first-order valence-electron chi connectivity index (χ1n) is 14.7. The Morgan fingerprint density at radius 2 is 1.94 bits per heavy atom. The largest absolute Gasteiger partial charge is 0.472 e. The molecule has 0 bridgehead atoms. The first-order chi connectivity index (χ1) is 16.9. The van der Waals surface area contributed by atoms with Gasteiger partial charge in [0.05, 0.1) is 24.7 Å². The molecule has 3 unspecified atom stereocenters. The first-order valence-corrected chi connectivity index (χ1v) is 14.7. The van der Waals surface area contributed by atoms with Crippen LogP contribution in [0.2, 0.25) is 0 Å². The topological polar surface area (TPSA) is 58.4 Å². The zero-order chi connectivity index (χ0) is 23.9. The summed E-state index contributed by atoms with van der Waals surface area (Å²) in [4.78, 5) is 2.60. The molecule has 4 saturated carbocycles. The SMILES string of the molecule is C[C@]12CCC3C(CC[C@@H]4C[C@@H](OCCCN5CCCC5)CC[C@]34C)C13O[C@@H]3C[C@]2(O)c1ccoc1. The van der Waals surface area contributed by atoms with Gasteiger partial charge in [-0.25, -0.2) is 0 Å². The van der Waals surface area contributed by atoms with Gasteiger partial charge in [0, 0.05) is 30.6 Å². The highest BCUT2D eigenvalue weighted by atomic mass is 16.6. The van der Waals surface area contributed by atoms with Crippen LogP contribution in [0.4, 0.5) is 0 Å². The van der Waals surface area contributed by atoms with E-state index in [-0.39, 0.29) is 17.1 Å². The van der Waals surface area contributed by atoms with Gasteiger partial charge in [-0.3, -0.25) is 0 Å². The molecule has 1 aromatic rings. The van der Waals surface area contributed by atoms with E-state index in [0.29, 0.717) is 23.4 Å². The molecule has 194 valence electrons. The van der Waals surface area contributed by atoms with Gasteiger partial charge in [0.2, 0.25) is 0 Å². The Labute approximate surface area is 210 Å². The van der Waals surface area contributed by atoms with Crippen molar-refractivity contribution in [3.8, 4) is 0 Å². The highest BCUT2D eigenvalue weighted by Gasteiger charge is 2.84. The molecule has 9 atom stereocenters. The van der Waals surface area contributed by atoms with Gasteiger partial charge in [-0.05, 0) is 107 Å². The molecule has 5 nitrogen and oxygen atoms in total. The summed E-state index contributed by atoms with van der Waals surface area (Å²) in [6.07, 6.45) is 17.3. The number of nitrogens with zero attached hydrogens (tertiary/aromatic N) is 1. The van der Waals surface area contributed by atoms with E-state index in [9.17, 15) is 5.11 Å². The fourth-order valence-electron chi connectivity index (χ4n) is 10.3. The lowest BCUT2D eigenvalue weighted by Gasteiger charge is -2.62. The second-order valence-electron chi connectivity index (χ2n) is 13.5. The minimum absolute atomic E-state index is 0.140. The Morgan fingerprint density at radius 3 is 2.74 bits per heavy atom. The summed E-state index contributed by atoms with van der Waals surface area (Å²) >= 11 is 0. The van der Waals surface area contributed by atoms with Crippen molar-refractivity contribution in [2.45, 2.75) is 108 Å². The van der Waals surface area contributed by atoms with Gasteiger partial charge in [0.25, 0.3) is 0 Å². The highest BCUT2D eigenvalue weighted by molar-refractivity contribution is 5.37. The molecular weight excluding hydrogens is 438 g/mol. The smallest absolute Gasteiger partial charge is 0.106 e. The molecule has 6 fully saturated rings. The number of hydrogen-bond donors (Lipinski definition) is 1. The third kappa shape index (κ3) is 3.14. The minimum atomic E-state index is -0.827. The summed E-state index contributed by atoms with van der Waals surface area (Å²) in [7, 11) is 0. The fraction of sp³-hybridized carbons (Fsp3) is 0.867. The number of fused-ring (bicyclic) bond motifs is 3. The molecule has 0 radical (unpaired) electrons. The predicted molar refractivity (Wildman–Crippen MR) is 134 cm³/mol. The number of ether oxygens (including phenoxy) is 2. The predicted octanol–water partition coefficient (Wildman–Crippen LogP) is 5.51. The average molecular weight is 484 g/mol. The van der Waals surface area contributed by atoms with Crippen LogP contribution < -0.4 is 0 Å². The van der Waals surface area contributed by atoms with Crippen LogP contribution in [-0.2, 0) is 15.1 Å². The van der Waals surface area contributed by atoms with Crippen LogP contribution in [0.25, 0.3) is 0 Å². The minimum Gasteiger partial charge on any atom is -0.472 e. The molecule has 6 aliphatic rings. The molecule has 1 aromatic heterocycles. The van der Waals surface area contributed by atoms with E-state index in [0.717, 1.165) is 30.9 Å². The molecule has 4 aliphatic carbocycles. The van der Waals surface area contributed by atoms with Crippen molar-refractivity contribution < 1.29 is 19.0 Å². The molecule has 0 amide bonds. The summed E-state index contributed by atoms with van der Waals surface area (Å²) in [6, 6.07) is 1.97. The standard InChI is InChI=1S/C30H45NO4/c1-27-11-8-23(34-16-5-15-31-13-3-4-14-31)18-21(27)6-7-25-24(27)9-12-28(2)29(32,22-10-17-33-20-22)19-26-30(25,28)35-26/h10,17,20-21,23-26,32H,3-9,11-16,18-19H2,1-2H3/t21-,23+,24?,25?,26-,27+,28-,29+,30?/m1/s1. The zero-order valence-corrected chi connectivity index (χ0v) is 21.8. The lowest BCUT2D eigenvalue weighted by atomic mass is 9.43. The Bertz CT molecular complexity index is 929. The van der Waals surface area contributed by atoms with E-state index >= 15 is 0 Å². The van der Waals surface area contributed by atoms with Crippen LogP contribution in [-0.4, -0.2) is 54.1 Å². The Kier molecular flexibility index (Phi) is 5.35. The van der Waals surface area contributed by atoms with Crippen LogP contribution in [0.3, 0.4) is 0 Å². The molecular formula is C30H45NO4. The molecule has 2 saturated heterocycles. The molecule has 7 rings (SSSR count). The van der Waals surface area contributed by atoms with Gasteiger partial charge in [0.15, 0.2) is 0 Å². The van der Waals surface area contributed by atoms with Gasteiger partial charge < -0.3 is 23.9 Å². The van der Waals surface area contributed by atoms with Crippen molar-refractivity contribution in [3.05, 3.63) is 24.2 Å². The van der Waals surface area contributed by atoms with E-state index in [4.69, 9.17) is 13.9 Å². The summed E-state index contributed by atoms with van der Waals surface area (Å²) in [6.45, 7) is 9.65. The molecule has 3 heterocycles. The molecule has 0 aromatic carbocycles. The van der Waals surface area contributed by atoms with Crippen LogP contribution in [0.1, 0.15) is 90.0 Å². The molecule has 2 aliphatic heterocycles. The van der Waals surface area contributed by atoms with Crippen molar-refractivity contribution in [1.29, 1.82) is 0 Å². The molecule has 1 spiro atoms. The maximum Gasteiger partial charge on any atom is 0.106 e. The highest BCUT2D eigenvalue weighted by Crippen LogP contribution is 2.79. The lowest BCUT2D eigenvalue weighted by Crippen LogP contribution is -2.61. The Morgan fingerprint density at radius 1 is 1.09 bits per heavy atom. The summed E-state index contributed by atoms with van der Waals surface area (Å²) in [5, 5.41) is 12.0. The number of hydrogen-bond acceptors (Lipinski definition) is 5. The number of epoxide rings is 1. The van der Waals surface area contributed by atoms with Gasteiger partial charge in [0.1, 0.15) is 11.2 Å². The number of likely N-dealkylation sites (tertiary alicyclic amines) is 1. The van der Waals surface area contributed by atoms with Gasteiger partial charge in [-0.2, -0.15) is 0 Å². The Hall–Kier alpha value is -0.880. The second-order valence-corrected chi connectivity index (χ2v) is 13.5. The van der Waals surface area contributed by atoms with Crippen molar-refractivity contribution in [1.82, 2.24) is 4.90 Å². The number of furan rings is 1. The van der Waals surface area contributed by atoms with Crippen LogP contribution in [0, 0.1) is 28.6 Å². The quantitative estimate of drug-likeness (QED) is 0.427. The molecule has 5 heteroatoms. The lowest BCUT2D eigenvalue weighted by molar-refractivity contribution is -0.195. The van der Waals surface area contributed by atoms with Crippen molar-refractivity contribution in [2.24, 2.45) is 28.6 Å². The Balaban J connectivity index is 1.03. The first kappa shape index (κ1) is 23.3. The normalized spacial score (nSPS) is 50.9. The number of rotatable bonds is 6. The monoisotopic (exact) mass is 483 g/mol. The van der Waals surface area contributed by atoms with Crippen LogP contribution in [0.5, 0.6) is 0 Å². The summed E-state index contributed by atoms with van der Waals surface area (Å²) in [5.41, 5.74) is 0.150. The maximum atomic E-state index is 12.0. The van der Waals surface area contributed by atoms with Gasteiger partial charge in [-0.1, -0.05) is 13.8 Å². The molecule has 1 N–H and O–H groups in total. The average Bonchev–Trinajstić information content (AvgIpc) is 3.28. The maximum absolute atomic E-state index is 12.0. The van der Waals surface area contributed by atoms with E-state index in [1.165, 1.54) is 77.4 Å². The van der Waals surface area contributed by atoms with Crippen molar-refractivity contribution >= 4 is 0 Å². The zero-order valence-electron chi connectivity index (χ0n) is 21.8. The number of aliphatic hydroxyl groups is 1. The van der Waals surface area contributed by atoms with Crippen LogP contribution in [0.15, 0.2) is 23.0 Å². The summed E-state index contributed by atoms with van der Waals surface area (Å²) < 4.78 is 18.5. The van der Waals surface area contributed by atoms with Crippen molar-refractivity contribution in [2.75, 3.05) is 26.2 Å². The van der Waals surface area contributed by atoms with E-state index < -0.39 is 5.60 Å². The van der Waals surface area contributed by atoms with E-state index in [1.807, 2.05) is 6.07 Å². The third-order valence-electron chi connectivity index (χ3n) is 12.3.